The maximum atomic E-state index is 3.06. The molecule has 0 saturated carbocycles. The van der Waals surface area contributed by atoms with E-state index in [2.05, 4.69) is 179 Å². The quantitative estimate of drug-likeness (QED) is 0.120. The molecule has 0 aromatic heterocycles. The minimum atomic E-state index is 0. The number of fused-ring (bicyclic) bond motifs is 2. The molecular formula is C47H60Cl2SiZr-4. The van der Waals surface area contributed by atoms with Crippen molar-refractivity contribution in [1.82, 2.24) is 0 Å². The van der Waals surface area contributed by atoms with Crippen molar-refractivity contribution in [3.8, 4) is 22.3 Å². The standard InChI is InChI=1S/C23H27.C22H25.2CH3.2ClH.Si.Zr/c1-6-7-17-14-21-16(2)8-13-20(22(21)15-17)18-9-11-19(12-10-18)23(3,4)5;1-15(2)18-13-17-7-6-8-20(21(17)14-18)16-9-11-19(12-10-16)22(3,4)5;;;;;;/h8-15H,6-7H2,1-5H3;6-15H,1-5H3;2*1H3;2*1H;;/q4*-1;;;;. The van der Waals surface area contributed by atoms with Crippen molar-refractivity contribution in [3.63, 3.8) is 0 Å². The number of halogens is 2. The molecule has 2 radical (unpaired) electrons. The third-order valence-corrected chi connectivity index (χ3v) is 9.27. The van der Waals surface area contributed by atoms with Crippen LogP contribution in [0.2, 0.25) is 0 Å². The van der Waals surface area contributed by atoms with Crippen molar-refractivity contribution in [1.29, 1.82) is 0 Å². The minimum absolute atomic E-state index is 0. The molecule has 0 aliphatic rings. The summed E-state index contributed by atoms with van der Waals surface area (Å²) in [6.07, 6.45) is 2.36. The molecular weight excluding hydrogens is 755 g/mol. The number of hydrogen-bond donors (Lipinski definition) is 0. The van der Waals surface area contributed by atoms with Gasteiger partial charge in [0.25, 0.3) is 0 Å². The Morgan fingerprint density at radius 1 is 0.647 bits per heavy atom. The third kappa shape index (κ3) is 11.9. The Hall–Kier alpha value is -2.22. The molecule has 0 amide bonds. The zero-order valence-corrected chi connectivity index (χ0v) is 38.2. The molecule has 0 fully saturated rings. The van der Waals surface area contributed by atoms with Crippen molar-refractivity contribution >= 4 is 53.2 Å². The van der Waals surface area contributed by atoms with Gasteiger partial charge in [0, 0.05) is 0 Å². The summed E-state index contributed by atoms with van der Waals surface area (Å²) >= 11 is 1.36. The van der Waals surface area contributed by atoms with Crippen molar-refractivity contribution in [2.75, 3.05) is 0 Å². The Balaban J connectivity index is 0.000000870. The van der Waals surface area contributed by atoms with Crippen LogP contribution >= 0.6 is 24.8 Å². The molecule has 0 heterocycles. The number of aryl methyl sites for hydroxylation is 2. The molecule has 6 rings (SSSR count). The van der Waals surface area contributed by atoms with Gasteiger partial charge in [-0.25, -0.2) is 0 Å². The predicted octanol–water partition coefficient (Wildman–Crippen LogP) is 14.8. The molecule has 0 nitrogen and oxygen atoms in total. The maximum absolute atomic E-state index is 3.06. The van der Waals surface area contributed by atoms with Crippen LogP contribution in [0.4, 0.5) is 0 Å². The number of benzene rings is 4. The van der Waals surface area contributed by atoms with Crippen LogP contribution in [0, 0.1) is 21.8 Å². The summed E-state index contributed by atoms with van der Waals surface area (Å²) < 4.78 is 0. The van der Waals surface area contributed by atoms with Crippen molar-refractivity contribution in [2.24, 2.45) is 0 Å². The summed E-state index contributed by atoms with van der Waals surface area (Å²) in [5.74, 6) is 0.573. The Labute approximate surface area is 341 Å². The van der Waals surface area contributed by atoms with Gasteiger partial charge in [0.1, 0.15) is 0 Å². The first-order chi connectivity index (χ1) is 22.3. The molecule has 6 aromatic carbocycles. The third-order valence-electron chi connectivity index (χ3n) is 9.27. The second kappa shape index (κ2) is 20.9. The normalized spacial score (nSPS) is 10.8. The van der Waals surface area contributed by atoms with Gasteiger partial charge in [-0.3, -0.25) is 0 Å². The average molecular weight is 815 g/mol. The fourth-order valence-electron chi connectivity index (χ4n) is 6.33. The molecule has 0 aliphatic heterocycles. The van der Waals surface area contributed by atoms with Crippen LogP contribution in [0.25, 0.3) is 43.8 Å². The fraction of sp³-hybridized carbons (Fsp3) is 0.319. The van der Waals surface area contributed by atoms with Crippen LogP contribution < -0.4 is 0 Å². The van der Waals surface area contributed by atoms with E-state index in [-0.39, 0.29) is 50.5 Å². The Kier molecular flexibility index (Phi) is 20.0. The molecule has 0 saturated heterocycles. The Morgan fingerprint density at radius 3 is 1.59 bits per heavy atom. The molecule has 0 spiro atoms. The second-order valence-corrected chi connectivity index (χ2v) is 15.3. The van der Waals surface area contributed by atoms with Gasteiger partial charge in [0.05, 0.1) is 0 Å². The summed E-state index contributed by atoms with van der Waals surface area (Å²) in [6, 6.07) is 38.7. The number of rotatable bonds is 5. The predicted molar refractivity (Wildman–Crippen MR) is 233 cm³/mol. The van der Waals surface area contributed by atoms with Crippen LogP contribution in [0.1, 0.15) is 102 Å². The topological polar surface area (TPSA) is 0 Å². The zero-order valence-electron chi connectivity index (χ0n) is 33.1. The van der Waals surface area contributed by atoms with E-state index < -0.39 is 0 Å². The summed E-state index contributed by atoms with van der Waals surface area (Å²) in [5, 5.41) is 5.53. The second-order valence-electron chi connectivity index (χ2n) is 15.3. The first-order valence-electron chi connectivity index (χ1n) is 17.1. The van der Waals surface area contributed by atoms with Crippen LogP contribution in [-0.4, -0.2) is 6.88 Å². The monoisotopic (exact) mass is 812 g/mol. The average Bonchev–Trinajstić information content (AvgIpc) is 3.68. The van der Waals surface area contributed by atoms with Gasteiger partial charge >= 0.3 is 30.2 Å². The van der Waals surface area contributed by atoms with E-state index in [4.69, 9.17) is 0 Å². The van der Waals surface area contributed by atoms with Crippen LogP contribution in [0.3, 0.4) is 0 Å². The van der Waals surface area contributed by atoms with Gasteiger partial charge < -0.3 is 14.9 Å². The Bertz CT molecular complexity index is 1910. The van der Waals surface area contributed by atoms with Gasteiger partial charge in [-0.2, -0.15) is 12.1 Å². The van der Waals surface area contributed by atoms with E-state index in [0.717, 1.165) is 6.42 Å². The van der Waals surface area contributed by atoms with Gasteiger partial charge in [0.2, 0.25) is 0 Å². The van der Waals surface area contributed by atoms with E-state index >= 15 is 0 Å². The van der Waals surface area contributed by atoms with Crippen molar-refractivity contribution < 1.29 is 23.3 Å². The molecule has 4 heteroatoms. The van der Waals surface area contributed by atoms with Crippen LogP contribution in [0.5, 0.6) is 0 Å². The van der Waals surface area contributed by atoms with Gasteiger partial charge in [-0.1, -0.05) is 147 Å². The van der Waals surface area contributed by atoms with E-state index in [0.29, 0.717) is 5.92 Å². The van der Waals surface area contributed by atoms with Crippen molar-refractivity contribution in [2.45, 2.75) is 98.8 Å². The van der Waals surface area contributed by atoms with Gasteiger partial charge in [0.15, 0.2) is 0 Å². The summed E-state index contributed by atoms with van der Waals surface area (Å²) in [5.41, 5.74) is 12.8. The molecule has 0 bridgehead atoms. The first-order valence-corrected chi connectivity index (χ1v) is 21.3. The van der Waals surface area contributed by atoms with Crippen LogP contribution in [0.15, 0.2) is 103 Å². The fourth-order valence-corrected chi connectivity index (χ4v) is 6.33. The first kappa shape index (κ1) is 48.8. The zero-order chi connectivity index (χ0) is 34.5. The Morgan fingerprint density at radius 2 is 1.14 bits per heavy atom. The molecule has 51 heavy (non-hydrogen) atoms. The summed E-state index contributed by atoms with van der Waals surface area (Å²) in [7, 11) is 0. The molecule has 0 unspecified atom stereocenters. The van der Waals surface area contributed by atoms with E-state index in [9.17, 15) is 0 Å². The van der Waals surface area contributed by atoms with Gasteiger partial charge in [-0.05, 0) is 45.4 Å². The van der Waals surface area contributed by atoms with E-state index in [1.165, 1.54) is 101 Å². The SMILES string of the molecule is CC(C)c1cc2c(-c3ccc(C(C)(C)C)cc3)cccc2[cH-]1.CCCc1cc2c(-c3ccc(C(C)(C)C)cc3)ccc(C)c2[cH-]1.Cl.Cl.[CH3-].[CH3-].[Si]=[Zr]. The molecule has 0 atom stereocenters. The summed E-state index contributed by atoms with van der Waals surface area (Å²) in [6.45, 7) is 25.6. The number of hydrogen-bond acceptors (Lipinski definition) is 0. The van der Waals surface area contributed by atoms with Gasteiger partial charge in [-0.15, -0.1) is 93.4 Å². The summed E-state index contributed by atoms with van der Waals surface area (Å²) in [4.78, 5) is 0. The molecule has 274 valence electrons. The van der Waals surface area contributed by atoms with Crippen LogP contribution in [-0.2, 0) is 40.6 Å². The molecule has 0 N–H and O–H groups in total. The molecule has 0 aliphatic carbocycles. The molecule has 6 aromatic rings. The van der Waals surface area contributed by atoms with E-state index in [1.54, 1.807) is 0 Å². The van der Waals surface area contributed by atoms with Crippen molar-refractivity contribution in [3.05, 3.63) is 146 Å². The van der Waals surface area contributed by atoms with E-state index in [1.807, 2.05) is 0 Å².